The Bertz CT molecular complexity index is 451. The molecule has 0 radical (unpaired) electrons. The van der Waals surface area contributed by atoms with Gasteiger partial charge in [-0.1, -0.05) is 32.3 Å². The zero-order chi connectivity index (χ0) is 15.0. The Kier molecular flexibility index (Phi) is 7.23. The van der Waals surface area contributed by atoms with Gasteiger partial charge in [-0.3, -0.25) is 4.79 Å². The number of unbranched alkanes of at least 4 members (excludes halogenated alkanes) is 3. The first-order valence-electron chi connectivity index (χ1n) is 7.20. The number of carbonyl (C=O) groups excluding carboxylic acids is 1. The van der Waals surface area contributed by atoms with Crippen molar-refractivity contribution >= 4 is 28.9 Å². The molecule has 3 nitrogen and oxygen atoms in total. The van der Waals surface area contributed by atoms with Gasteiger partial charge in [0.2, 0.25) is 5.91 Å². The Balaban J connectivity index is 2.37. The minimum absolute atomic E-state index is 0.0111. The van der Waals surface area contributed by atoms with E-state index in [1.54, 1.807) is 0 Å². The first-order chi connectivity index (χ1) is 9.51. The van der Waals surface area contributed by atoms with Crippen LogP contribution in [0.15, 0.2) is 18.2 Å². The molecule has 0 aliphatic heterocycles. The number of hydrogen-bond donors (Lipinski definition) is 2. The number of amides is 1. The molecule has 4 heteroatoms. The number of anilines is 1. The summed E-state index contributed by atoms with van der Waals surface area (Å²) in [6.45, 7) is 6.23. The van der Waals surface area contributed by atoms with E-state index >= 15 is 0 Å². The summed E-state index contributed by atoms with van der Waals surface area (Å²) < 4.78 is 0. The Morgan fingerprint density at radius 3 is 2.35 bits per heavy atom. The molecule has 110 valence electrons. The van der Waals surface area contributed by atoms with Crippen molar-refractivity contribution in [3.05, 3.63) is 29.3 Å². The van der Waals surface area contributed by atoms with Crippen LogP contribution in [-0.2, 0) is 4.79 Å². The molecule has 1 rings (SSSR count). The van der Waals surface area contributed by atoms with Gasteiger partial charge in [0.1, 0.15) is 0 Å². The summed E-state index contributed by atoms with van der Waals surface area (Å²) in [6, 6.07) is 6.11. The number of nitrogens with one attached hydrogen (secondary N) is 2. The highest BCUT2D eigenvalue weighted by atomic mass is 32.1. The Morgan fingerprint density at radius 1 is 1.10 bits per heavy atom. The maximum Gasteiger partial charge on any atom is 0.226 e. The predicted octanol–water partition coefficient (Wildman–Crippen LogP) is 4.09. The number of aryl methyl sites for hydroxylation is 2. The molecular weight excluding hydrogens is 268 g/mol. The lowest BCUT2D eigenvalue weighted by Gasteiger charge is -2.11. The van der Waals surface area contributed by atoms with Crippen LogP contribution in [-0.4, -0.2) is 11.0 Å². The van der Waals surface area contributed by atoms with Gasteiger partial charge in [0.15, 0.2) is 5.11 Å². The Labute approximate surface area is 127 Å². The summed E-state index contributed by atoms with van der Waals surface area (Å²) in [5, 5.41) is 6.15. The number of benzene rings is 1. The highest BCUT2D eigenvalue weighted by Crippen LogP contribution is 2.13. The third-order valence-corrected chi connectivity index (χ3v) is 3.19. The van der Waals surface area contributed by atoms with E-state index in [1.165, 1.54) is 24.0 Å². The van der Waals surface area contributed by atoms with Crippen LogP contribution in [0.5, 0.6) is 0 Å². The average Bonchev–Trinajstić information content (AvgIpc) is 2.33. The topological polar surface area (TPSA) is 41.1 Å². The van der Waals surface area contributed by atoms with Crippen molar-refractivity contribution in [3.63, 3.8) is 0 Å². The van der Waals surface area contributed by atoms with E-state index < -0.39 is 0 Å². The molecule has 0 heterocycles. The molecule has 0 unspecified atom stereocenters. The standard InChI is InChI=1S/C16H24N2OS/c1-4-5-6-7-8-15(19)18-16(20)17-14-10-12(2)9-13(3)11-14/h9-11H,4-8H2,1-3H3,(H2,17,18,19,20). The van der Waals surface area contributed by atoms with E-state index in [0.29, 0.717) is 11.5 Å². The van der Waals surface area contributed by atoms with Gasteiger partial charge in [-0.2, -0.15) is 0 Å². The first-order valence-corrected chi connectivity index (χ1v) is 7.61. The fraction of sp³-hybridized carbons (Fsp3) is 0.500. The van der Waals surface area contributed by atoms with E-state index in [0.717, 1.165) is 18.5 Å². The molecule has 0 aromatic heterocycles. The van der Waals surface area contributed by atoms with Crippen molar-refractivity contribution in [2.75, 3.05) is 5.32 Å². The smallest absolute Gasteiger partial charge is 0.226 e. The second-order valence-electron chi connectivity index (χ2n) is 5.19. The van der Waals surface area contributed by atoms with Crippen LogP contribution >= 0.6 is 12.2 Å². The lowest BCUT2D eigenvalue weighted by molar-refractivity contribution is -0.119. The molecule has 0 spiro atoms. The molecule has 1 aromatic carbocycles. The minimum atomic E-state index is -0.0111. The predicted molar refractivity (Wildman–Crippen MR) is 89.0 cm³/mol. The van der Waals surface area contributed by atoms with Crippen molar-refractivity contribution in [1.82, 2.24) is 5.32 Å². The van der Waals surface area contributed by atoms with Crippen molar-refractivity contribution in [2.45, 2.75) is 52.9 Å². The van der Waals surface area contributed by atoms with Gasteiger partial charge in [-0.15, -0.1) is 0 Å². The van der Waals surface area contributed by atoms with E-state index in [2.05, 4.69) is 23.6 Å². The average molecular weight is 292 g/mol. The first kappa shape index (κ1) is 16.6. The fourth-order valence-corrected chi connectivity index (χ4v) is 2.34. The molecule has 0 bridgehead atoms. The van der Waals surface area contributed by atoms with Gasteiger partial charge in [0.25, 0.3) is 0 Å². The largest absolute Gasteiger partial charge is 0.332 e. The monoisotopic (exact) mass is 292 g/mol. The number of rotatable bonds is 6. The molecule has 0 saturated heterocycles. The molecule has 20 heavy (non-hydrogen) atoms. The number of thiocarbonyl (C=S) groups is 1. The van der Waals surface area contributed by atoms with Gasteiger partial charge in [-0.25, -0.2) is 0 Å². The van der Waals surface area contributed by atoms with Gasteiger partial charge in [0.05, 0.1) is 0 Å². The van der Waals surface area contributed by atoms with Crippen LogP contribution in [0.3, 0.4) is 0 Å². The third kappa shape index (κ3) is 6.66. The second kappa shape index (κ2) is 8.69. The van der Waals surface area contributed by atoms with Crippen molar-refractivity contribution < 1.29 is 4.79 Å². The molecule has 0 fully saturated rings. The summed E-state index contributed by atoms with van der Waals surface area (Å²) in [7, 11) is 0. The third-order valence-electron chi connectivity index (χ3n) is 2.99. The summed E-state index contributed by atoms with van der Waals surface area (Å²) in [5.74, 6) is -0.0111. The van der Waals surface area contributed by atoms with E-state index in [1.807, 2.05) is 26.0 Å². The molecule has 2 N–H and O–H groups in total. The van der Waals surface area contributed by atoms with Crippen LogP contribution in [0.2, 0.25) is 0 Å². The maximum atomic E-state index is 11.7. The van der Waals surface area contributed by atoms with Crippen LogP contribution in [0.25, 0.3) is 0 Å². The fourth-order valence-electron chi connectivity index (χ4n) is 2.11. The number of hydrogen-bond acceptors (Lipinski definition) is 2. The van der Waals surface area contributed by atoms with Crippen molar-refractivity contribution in [1.29, 1.82) is 0 Å². The zero-order valence-electron chi connectivity index (χ0n) is 12.6. The van der Waals surface area contributed by atoms with E-state index in [9.17, 15) is 4.79 Å². The molecule has 0 atom stereocenters. The van der Waals surface area contributed by atoms with Crippen molar-refractivity contribution in [2.24, 2.45) is 0 Å². The second-order valence-corrected chi connectivity index (χ2v) is 5.60. The summed E-state index contributed by atoms with van der Waals surface area (Å²) >= 11 is 5.16. The quantitative estimate of drug-likeness (QED) is 0.613. The minimum Gasteiger partial charge on any atom is -0.332 e. The van der Waals surface area contributed by atoms with E-state index in [-0.39, 0.29) is 5.91 Å². The molecule has 1 amide bonds. The Hall–Kier alpha value is -1.42. The van der Waals surface area contributed by atoms with Crippen LogP contribution in [0.1, 0.15) is 50.2 Å². The van der Waals surface area contributed by atoms with Gasteiger partial charge in [0, 0.05) is 12.1 Å². The lowest BCUT2D eigenvalue weighted by atomic mass is 10.1. The Morgan fingerprint density at radius 2 is 1.75 bits per heavy atom. The molecule has 0 aliphatic carbocycles. The normalized spacial score (nSPS) is 10.2. The zero-order valence-corrected chi connectivity index (χ0v) is 13.4. The van der Waals surface area contributed by atoms with Crippen LogP contribution in [0.4, 0.5) is 5.69 Å². The van der Waals surface area contributed by atoms with Crippen LogP contribution < -0.4 is 10.6 Å². The maximum absolute atomic E-state index is 11.7. The SMILES string of the molecule is CCCCCCC(=O)NC(=S)Nc1cc(C)cc(C)c1. The lowest BCUT2D eigenvalue weighted by Crippen LogP contribution is -2.33. The molecular formula is C16H24N2OS. The highest BCUT2D eigenvalue weighted by Gasteiger charge is 2.05. The number of carbonyl (C=O) groups is 1. The summed E-state index contributed by atoms with van der Waals surface area (Å²) in [5.41, 5.74) is 3.25. The summed E-state index contributed by atoms with van der Waals surface area (Å²) in [6.07, 6.45) is 4.91. The van der Waals surface area contributed by atoms with Crippen LogP contribution in [0, 0.1) is 13.8 Å². The van der Waals surface area contributed by atoms with Gasteiger partial charge >= 0.3 is 0 Å². The molecule has 1 aromatic rings. The van der Waals surface area contributed by atoms with Gasteiger partial charge in [-0.05, 0) is 55.7 Å². The molecule has 0 aliphatic rings. The molecule has 0 saturated carbocycles. The highest BCUT2D eigenvalue weighted by molar-refractivity contribution is 7.80. The van der Waals surface area contributed by atoms with Gasteiger partial charge < -0.3 is 10.6 Å². The summed E-state index contributed by atoms with van der Waals surface area (Å²) in [4.78, 5) is 11.7. The van der Waals surface area contributed by atoms with Crippen molar-refractivity contribution in [3.8, 4) is 0 Å². The van der Waals surface area contributed by atoms with E-state index in [4.69, 9.17) is 12.2 Å².